The summed E-state index contributed by atoms with van der Waals surface area (Å²) >= 11 is 5.17. The molecule has 0 fully saturated rings. The molecule has 0 saturated carbocycles. The molecule has 0 saturated heterocycles. The van der Waals surface area contributed by atoms with Crippen LogP contribution in [-0.4, -0.2) is 11.0 Å². The van der Waals surface area contributed by atoms with Crippen molar-refractivity contribution in [2.75, 3.05) is 5.32 Å². The Bertz CT molecular complexity index is 596. The van der Waals surface area contributed by atoms with Gasteiger partial charge in [0, 0.05) is 11.3 Å². The number of anilines is 1. The van der Waals surface area contributed by atoms with Crippen LogP contribution in [-0.2, 0) is 0 Å². The molecular formula is C15H14N2OS. The van der Waals surface area contributed by atoms with Crippen LogP contribution in [0.25, 0.3) is 0 Å². The van der Waals surface area contributed by atoms with Gasteiger partial charge in [-0.15, -0.1) is 0 Å². The van der Waals surface area contributed by atoms with E-state index in [4.69, 9.17) is 12.2 Å². The number of rotatable bonds is 2. The fourth-order valence-corrected chi connectivity index (χ4v) is 1.88. The number of aryl methyl sites for hydroxylation is 1. The van der Waals surface area contributed by atoms with E-state index in [1.807, 2.05) is 61.5 Å². The highest BCUT2D eigenvalue weighted by molar-refractivity contribution is 7.80. The van der Waals surface area contributed by atoms with Crippen molar-refractivity contribution in [2.45, 2.75) is 6.92 Å². The van der Waals surface area contributed by atoms with E-state index in [1.54, 1.807) is 0 Å². The zero-order valence-corrected chi connectivity index (χ0v) is 11.3. The summed E-state index contributed by atoms with van der Waals surface area (Å²) in [6, 6.07) is 16.6. The van der Waals surface area contributed by atoms with Crippen LogP contribution in [0.3, 0.4) is 0 Å². The van der Waals surface area contributed by atoms with E-state index in [9.17, 15) is 4.79 Å². The first kappa shape index (κ1) is 13.2. The molecule has 2 aromatic carbocycles. The summed E-state index contributed by atoms with van der Waals surface area (Å²) in [4.78, 5) is 12.2. The Kier molecular flexibility index (Phi) is 4.26. The summed E-state index contributed by atoms with van der Waals surface area (Å²) in [7, 11) is 0. The third kappa shape index (κ3) is 3.89. The standard InChI is InChI=1S/C15H14N2OS/c1-11-6-5-9-13(10-11)16-15(18)17-14(19)12-7-3-2-4-8-12/h2-10H,1H3,(H2,16,17,18,19). The predicted octanol–water partition coefficient (Wildman–Crippen LogP) is 3.49. The van der Waals surface area contributed by atoms with Crippen LogP contribution in [0.15, 0.2) is 54.6 Å². The smallest absolute Gasteiger partial charge is 0.308 e. The van der Waals surface area contributed by atoms with Gasteiger partial charge < -0.3 is 5.32 Å². The van der Waals surface area contributed by atoms with Crippen molar-refractivity contribution in [3.05, 3.63) is 65.7 Å². The van der Waals surface area contributed by atoms with Crippen molar-refractivity contribution in [3.8, 4) is 0 Å². The number of benzene rings is 2. The average Bonchev–Trinajstić information content (AvgIpc) is 2.39. The van der Waals surface area contributed by atoms with E-state index < -0.39 is 0 Å². The zero-order chi connectivity index (χ0) is 13.7. The van der Waals surface area contributed by atoms with E-state index in [-0.39, 0.29) is 6.03 Å². The van der Waals surface area contributed by atoms with Crippen LogP contribution >= 0.6 is 12.2 Å². The summed E-state index contributed by atoms with van der Waals surface area (Å²) < 4.78 is 0. The molecule has 19 heavy (non-hydrogen) atoms. The van der Waals surface area contributed by atoms with Gasteiger partial charge in [0.05, 0.1) is 0 Å². The predicted molar refractivity (Wildman–Crippen MR) is 81.5 cm³/mol. The van der Waals surface area contributed by atoms with Crippen molar-refractivity contribution >= 4 is 28.9 Å². The normalized spacial score (nSPS) is 9.74. The summed E-state index contributed by atoms with van der Waals surface area (Å²) in [5, 5.41) is 5.39. The fourth-order valence-electron chi connectivity index (χ4n) is 1.65. The lowest BCUT2D eigenvalue weighted by Gasteiger charge is -2.09. The highest BCUT2D eigenvalue weighted by atomic mass is 32.1. The molecular weight excluding hydrogens is 256 g/mol. The third-order valence-corrected chi connectivity index (χ3v) is 2.88. The van der Waals surface area contributed by atoms with Gasteiger partial charge in [-0.25, -0.2) is 4.79 Å². The molecule has 0 atom stereocenters. The maximum Gasteiger partial charge on any atom is 0.324 e. The average molecular weight is 270 g/mol. The number of urea groups is 1. The number of thiocarbonyl (C=S) groups is 1. The SMILES string of the molecule is Cc1cccc(NC(=O)NC(=S)c2ccccc2)c1. The second-order valence-electron chi connectivity index (χ2n) is 4.14. The van der Waals surface area contributed by atoms with E-state index in [0.29, 0.717) is 4.99 Å². The second kappa shape index (κ2) is 6.11. The lowest BCUT2D eigenvalue weighted by molar-refractivity contribution is 0.256. The van der Waals surface area contributed by atoms with Gasteiger partial charge in [-0.3, -0.25) is 5.32 Å². The minimum atomic E-state index is -0.334. The monoisotopic (exact) mass is 270 g/mol. The minimum absolute atomic E-state index is 0.334. The summed E-state index contributed by atoms with van der Waals surface area (Å²) in [5.74, 6) is 0. The molecule has 2 N–H and O–H groups in total. The number of carbonyl (C=O) groups is 1. The lowest BCUT2D eigenvalue weighted by atomic mass is 10.2. The van der Waals surface area contributed by atoms with E-state index >= 15 is 0 Å². The Labute approximate surface area is 117 Å². The molecule has 4 heteroatoms. The van der Waals surface area contributed by atoms with E-state index in [2.05, 4.69) is 10.6 Å². The lowest BCUT2D eigenvalue weighted by Crippen LogP contribution is -2.33. The molecule has 0 heterocycles. The quantitative estimate of drug-likeness (QED) is 0.820. The molecule has 96 valence electrons. The number of hydrogen-bond acceptors (Lipinski definition) is 2. The maximum absolute atomic E-state index is 11.8. The highest BCUT2D eigenvalue weighted by Crippen LogP contribution is 2.09. The first-order valence-corrected chi connectivity index (χ1v) is 6.30. The van der Waals surface area contributed by atoms with Crippen molar-refractivity contribution in [2.24, 2.45) is 0 Å². The van der Waals surface area contributed by atoms with Gasteiger partial charge in [-0.05, 0) is 24.6 Å². The molecule has 0 aliphatic heterocycles. The molecule has 0 spiro atoms. The van der Waals surface area contributed by atoms with Crippen molar-refractivity contribution < 1.29 is 4.79 Å². The summed E-state index contributed by atoms with van der Waals surface area (Å²) in [6.45, 7) is 1.97. The van der Waals surface area contributed by atoms with Gasteiger partial charge in [0.1, 0.15) is 4.99 Å². The van der Waals surface area contributed by atoms with Crippen LogP contribution in [0.2, 0.25) is 0 Å². The third-order valence-electron chi connectivity index (χ3n) is 2.54. The van der Waals surface area contributed by atoms with Crippen molar-refractivity contribution in [3.63, 3.8) is 0 Å². The molecule has 0 aliphatic carbocycles. The summed E-state index contributed by atoms with van der Waals surface area (Å²) in [6.07, 6.45) is 0. The van der Waals surface area contributed by atoms with Gasteiger partial charge in [0.15, 0.2) is 0 Å². The zero-order valence-electron chi connectivity index (χ0n) is 10.5. The van der Waals surface area contributed by atoms with Crippen LogP contribution in [0, 0.1) is 6.92 Å². The van der Waals surface area contributed by atoms with Crippen molar-refractivity contribution in [1.29, 1.82) is 0 Å². The number of hydrogen-bond donors (Lipinski definition) is 2. The molecule has 3 nitrogen and oxygen atoms in total. The van der Waals surface area contributed by atoms with Gasteiger partial charge in [0.25, 0.3) is 0 Å². The number of carbonyl (C=O) groups excluding carboxylic acids is 1. The van der Waals surface area contributed by atoms with Gasteiger partial charge in [-0.2, -0.15) is 0 Å². The Hall–Kier alpha value is -2.20. The van der Waals surface area contributed by atoms with E-state index in [1.165, 1.54) is 0 Å². The van der Waals surface area contributed by atoms with Gasteiger partial charge in [-0.1, -0.05) is 54.7 Å². The minimum Gasteiger partial charge on any atom is -0.308 e. The topological polar surface area (TPSA) is 41.1 Å². The molecule has 2 amide bonds. The van der Waals surface area contributed by atoms with Crippen LogP contribution < -0.4 is 10.6 Å². The fraction of sp³-hybridized carbons (Fsp3) is 0.0667. The maximum atomic E-state index is 11.8. The molecule has 0 aliphatic rings. The first-order chi connectivity index (χ1) is 9.15. The van der Waals surface area contributed by atoms with Gasteiger partial charge >= 0.3 is 6.03 Å². The summed E-state index contributed by atoms with van der Waals surface area (Å²) in [5.41, 5.74) is 2.65. The molecule has 2 rings (SSSR count). The second-order valence-corrected chi connectivity index (χ2v) is 4.55. The van der Waals surface area contributed by atoms with Crippen molar-refractivity contribution in [1.82, 2.24) is 5.32 Å². The van der Waals surface area contributed by atoms with E-state index in [0.717, 1.165) is 16.8 Å². The Balaban J connectivity index is 1.97. The Morgan fingerprint density at radius 2 is 1.79 bits per heavy atom. The molecule has 0 unspecified atom stereocenters. The van der Waals surface area contributed by atoms with Crippen LogP contribution in [0.5, 0.6) is 0 Å². The Morgan fingerprint density at radius 3 is 2.47 bits per heavy atom. The number of amides is 2. The molecule has 0 bridgehead atoms. The number of nitrogens with one attached hydrogen (secondary N) is 2. The first-order valence-electron chi connectivity index (χ1n) is 5.89. The molecule has 0 radical (unpaired) electrons. The van der Waals surface area contributed by atoms with Gasteiger partial charge in [0.2, 0.25) is 0 Å². The highest BCUT2D eigenvalue weighted by Gasteiger charge is 2.06. The molecule has 2 aromatic rings. The largest absolute Gasteiger partial charge is 0.324 e. The van der Waals surface area contributed by atoms with Crippen LogP contribution in [0.4, 0.5) is 10.5 Å². The van der Waals surface area contributed by atoms with Crippen LogP contribution in [0.1, 0.15) is 11.1 Å². The Morgan fingerprint density at radius 1 is 1.05 bits per heavy atom. The molecule has 0 aromatic heterocycles.